The van der Waals surface area contributed by atoms with E-state index in [0.29, 0.717) is 55.8 Å². The minimum absolute atomic E-state index is 0.00945. The summed E-state index contributed by atoms with van der Waals surface area (Å²) in [5.41, 5.74) is 1.91. The van der Waals surface area contributed by atoms with E-state index >= 15 is 17.6 Å². The van der Waals surface area contributed by atoms with E-state index in [9.17, 15) is 34.5 Å². The standard InChI is InChI=1S/C61H48F4N8O12/c1-28(74)81-27-47-58(82-29(2)75)59(83-30(3)76)60(84-31(4)77)61(85-47)73-26-35(71-72-73)25-66-57-55(64)53(62)52(54(63)56(57)65)51-45-20-18-43(69-45)49(33-9-6-12-37(79)23-33)41-16-14-39(67-41)48(32-8-5-11-36(78)22-32)40-15-17-42(68-40)50(44-19-21-46(51)70-44)34-10-7-13-38(80)24-34/h5-24,26,47,58-61,66-67,70,78-80H,25,27H2,1-4H3/t47-,58-,59+,60-,61-/m1/s1. The van der Waals surface area contributed by atoms with E-state index < -0.39 is 108 Å². The molecule has 0 saturated carbocycles. The Hall–Kier alpha value is -10.6. The van der Waals surface area contributed by atoms with Crippen molar-refractivity contribution in [2.75, 3.05) is 11.9 Å². The second kappa shape index (κ2) is 23.0. The van der Waals surface area contributed by atoms with Crippen molar-refractivity contribution in [2.45, 2.75) is 64.9 Å². The van der Waals surface area contributed by atoms with Gasteiger partial charge in [0.05, 0.1) is 41.1 Å². The highest BCUT2D eigenvalue weighted by molar-refractivity contribution is 6.00. The highest BCUT2D eigenvalue weighted by Gasteiger charge is 2.53. The first-order valence-corrected chi connectivity index (χ1v) is 26.2. The number of aromatic nitrogens is 7. The van der Waals surface area contributed by atoms with Crippen LogP contribution in [0.4, 0.5) is 23.2 Å². The molecule has 8 bridgehead atoms. The van der Waals surface area contributed by atoms with E-state index in [-0.39, 0.29) is 45.4 Å². The topological polar surface area (TPSA) is 275 Å². The molecular weight excluding hydrogens is 1110 g/mol. The molecule has 3 aliphatic rings. The van der Waals surface area contributed by atoms with Gasteiger partial charge in [0.1, 0.15) is 41.3 Å². The summed E-state index contributed by atoms with van der Waals surface area (Å²) in [5, 5.41) is 42.6. The molecule has 432 valence electrons. The predicted octanol–water partition coefficient (Wildman–Crippen LogP) is 10.5. The lowest BCUT2D eigenvalue weighted by Gasteiger charge is -2.44. The van der Waals surface area contributed by atoms with Crippen LogP contribution < -0.4 is 5.32 Å². The van der Waals surface area contributed by atoms with Gasteiger partial charge in [0.2, 0.25) is 0 Å². The molecule has 6 N–H and O–H groups in total. The number of nitrogens with one attached hydrogen (secondary N) is 3. The van der Waals surface area contributed by atoms with E-state index in [2.05, 4.69) is 25.6 Å². The largest absolute Gasteiger partial charge is 0.508 e. The maximum atomic E-state index is 17.3. The Morgan fingerprint density at radius 2 is 0.976 bits per heavy atom. The molecule has 0 amide bonds. The summed E-state index contributed by atoms with van der Waals surface area (Å²) < 4.78 is 97.1. The van der Waals surface area contributed by atoms with Crippen LogP contribution in [-0.2, 0) is 49.4 Å². The van der Waals surface area contributed by atoms with Gasteiger partial charge in [-0.3, -0.25) is 19.2 Å². The Morgan fingerprint density at radius 3 is 1.41 bits per heavy atom. The third-order valence-electron chi connectivity index (χ3n) is 13.9. The number of halogens is 4. The van der Waals surface area contributed by atoms with E-state index in [1.54, 1.807) is 78.9 Å². The molecule has 11 rings (SSSR count). The van der Waals surface area contributed by atoms with Crippen LogP contribution in [0.2, 0.25) is 0 Å². The number of phenols is 3. The highest BCUT2D eigenvalue weighted by atomic mass is 19.2. The number of nitrogens with zero attached hydrogens (tertiary/aromatic N) is 5. The first-order valence-electron chi connectivity index (χ1n) is 26.2. The molecule has 4 aromatic carbocycles. The van der Waals surface area contributed by atoms with Crippen LogP contribution in [0.5, 0.6) is 17.2 Å². The smallest absolute Gasteiger partial charge is 0.303 e. The number of anilines is 1. The van der Waals surface area contributed by atoms with Gasteiger partial charge in [-0.2, -0.15) is 0 Å². The first-order chi connectivity index (χ1) is 40.8. The minimum atomic E-state index is -1.86. The second-order valence-corrected chi connectivity index (χ2v) is 19.8. The van der Waals surface area contributed by atoms with Crippen LogP contribution in [0, 0.1) is 23.3 Å². The fourth-order valence-electron chi connectivity index (χ4n) is 10.5. The van der Waals surface area contributed by atoms with E-state index in [1.165, 1.54) is 42.5 Å². The first kappa shape index (κ1) is 56.3. The zero-order valence-corrected chi connectivity index (χ0v) is 45.2. The Bertz CT molecular complexity index is 4220. The number of fused-ring (bicyclic) bond motifs is 8. The molecule has 7 heterocycles. The van der Waals surface area contributed by atoms with Crippen molar-refractivity contribution in [1.29, 1.82) is 0 Å². The van der Waals surface area contributed by atoms with Gasteiger partial charge in [-0.05, 0) is 102 Å². The molecule has 0 aliphatic carbocycles. The SMILES string of the molecule is CC(=O)OC[C@H]1O[C@@H](n2cc(CNc3c(F)c(F)c(-c4c5nc(c(-c6cccc(O)c6)c6ccc([nH]6)c(-c6cccc(O)c6)c6nc(c(-c7cccc(O)c7)c7ccc4[nH]7)C=C6)C=C5)c(F)c3F)nn2)[C@H](OC(C)=O)[C@@H](OC(C)=O)[C@@H]1OC(C)=O. The number of benzene rings is 4. The summed E-state index contributed by atoms with van der Waals surface area (Å²) >= 11 is 0. The maximum Gasteiger partial charge on any atom is 0.303 e. The average molecular weight is 1160 g/mol. The van der Waals surface area contributed by atoms with Gasteiger partial charge >= 0.3 is 23.9 Å². The van der Waals surface area contributed by atoms with Crippen LogP contribution in [0.3, 0.4) is 0 Å². The normalized spacial score (nSPS) is 17.1. The van der Waals surface area contributed by atoms with Gasteiger partial charge in [-0.15, -0.1) is 5.10 Å². The lowest BCUT2D eigenvalue weighted by atomic mass is 9.97. The number of carbonyl (C=O) groups excluding carboxylic acids is 4. The van der Waals surface area contributed by atoms with Gasteiger partial charge < -0.3 is 54.3 Å². The Balaban J connectivity index is 1.06. The second-order valence-electron chi connectivity index (χ2n) is 19.8. The molecule has 3 aliphatic heterocycles. The van der Waals surface area contributed by atoms with Gasteiger partial charge in [0, 0.05) is 72.0 Å². The molecule has 24 heteroatoms. The maximum absolute atomic E-state index is 17.3. The number of esters is 4. The van der Waals surface area contributed by atoms with Crippen LogP contribution in [0.1, 0.15) is 62.4 Å². The molecule has 8 aromatic rings. The van der Waals surface area contributed by atoms with Gasteiger partial charge in [-0.1, -0.05) is 41.6 Å². The fraction of sp³-hybridized carbons (Fsp3) is 0.180. The van der Waals surface area contributed by atoms with Crippen molar-refractivity contribution in [3.8, 4) is 61.8 Å². The number of H-pyrrole nitrogens is 2. The fourth-order valence-corrected chi connectivity index (χ4v) is 10.5. The third kappa shape index (κ3) is 11.2. The van der Waals surface area contributed by atoms with E-state index in [1.807, 2.05) is 0 Å². The molecular formula is C61H48F4N8O12. The number of hydrogen-bond donors (Lipinski definition) is 6. The summed E-state index contributed by atoms with van der Waals surface area (Å²) in [4.78, 5) is 65.7. The lowest BCUT2D eigenvalue weighted by Crippen LogP contribution is -2.60. The van der Waals surface area contributed by atoms with Gasteiger partial charge in [-0.25, -0.2) is 32.2 Å². The van der Waals surface area contributed by atoms with Crippen molar-refractivity contribution < 1.29 is 75.7 Å². The molecule has 1 saturated heterocycles. The van der Waals surface area contributed by atoms with Crippen molar-refractivity contribution in [3.05, 3.63) is 155 Å². The molecule has 5 atom stereocenters. The summed E-state index contributed by atoms with van der Waals surface area (Å²) in [5.74, 6) is -11.0. The van der Waals surface area contributed by atoms with Crippen LogP contribution in [0.15, 0.2) is 103 Å². The van der Waals surface area contributed by atoms with Crippen LogP contribution >= 0.6 is 0 Å². The zero-order chi connectivity index (χ0) is 60.0. The number of rotatable bonds is 13. The Labute approximate surface area is 478 Å². The minimum Gasteiger partial charge on any atom is -0.508 e. The van der Waals surface area contributed by atoms with Crippen molar-refractivity contribution in [1.82, 2.24) is 34.9 Å². The van der Waals surface area contributed by atoms with Crippen LogP contribution in [0.25, 0.3) is 90.9 Å². The number of ether oxygens (including phenoxy) is 5. The van der Waals surface area contributed by atoms with E-state index in [0.717, 1.165) is 38.6 Å². The number of hydrogen-bond acceptors (Lipinski definition) is 17. The number of phenolic OH excluding ortho intramolecular Hbond substituents is 3. The highest BCUT2D eigenvalue weighted by Crippen LogP contribution is 2.43. The number of carbonyl (C=O) groups is 4. The quantitative estimate of drug-likeness (QED) is 0.0271. The summed E-state index contributed by atoms with van der Waals surface area (Å²) in [6, 6.07) is 25.7. The predicted molar refractivity (Wildman–Crippen MR) is 300 cm³/mol. The van der Waals surface area contributed by atoms with Crippen molar-refractivity contribution in [3.63, 3.8) is 0 Å². The number of aromatic amines is 2. The molecule has 85 heavy (non-hydrogen) atoms. The molecule has 1 fully saturated rings. The van der Waals surface area contributed by atoms with Crippen molar-refractivity contribution in [2.24, 2.45) is 0 Å². The Kier molecular flexibility index (Phi) is 15.2. The van der Waals surface area contributed by atoms with Crippen molar-refractivity contribution >= 4 is 75.9 Å². The number of aromatic hydroxyl groups is 3. The van der Waals surface area contributed by atoms with Gasteiger partial charge in [0.25, 0.3) is 0 Å². The molecule has 4 aromatic heterocycles. The zero-order valence-electron chi connectivity index (χ0n) is 45.2. The summed E-state index contributed by atoms with van der Waals surface area (Å²) in [6.07, 6.45) is -0.0129. The van der Waals surface area contributed by atoms with Crippen LogP contribution in [-0.4, -0.2) is 105 Å². The van der Waals surface area contributed by atoms with E-state index in [4.69, 9.17) is 33.7 Å². The monoisotopic (exact) mass is 1160 g/mol. The summed E-state index contributed by atoms with van der Waals surface area (Å²) in [7, 11) is 0. The molecule has 0 radical (unpaired) electrons. The molecule has 20 nitrogen and oxygen atoms in total. The molecule has 0 spiro atoms. The Morgan fingerprint density at radius 1 is 0.553 bits per heavy atom. The average Bonchev–Trinajstić information content (AvgIpc) is 2.97. The third-order valence-corrected chi connectivity index (χ3v) is 13.9. The molecule has 0 unspecified atom stereocenters. The summed E-state index contributed by atoms with van der Waals surface area (Å²) in [6.45, 7) is 3.01. The lowest BCUT2D eigenvalue weighted by molar-refractivity contribution is -0.270. The van der Waals surface area contributed by atoms with Gasteiger partial charge in [0.15, 0.2) is 47.8 Å².